The number of aromatic amines is 1. The molecular formula is C14H11ClN2O2. The fraction of sp³-hybridized carbons (Fsp3) is 0.0714. The minimum Gasteiger partial charge on any atom is -0.508 e. The summed E-state index contributed by atoms with van der Waals surface area (Å²) >= 11 is 5.80. The molecule has 3 aromatic rings. The number of hydrogen-bond acceptors (Lipinski definition) is 3. The maximum Gasteiger partial charge on any atom is 0.146 e. The minimum atomic E-state index is 0.210. The summed E-state index contributed by atoms with van der Waals surface area (Å²) in [4.78, 5) is 7.46. The second kappa shape index (κ2) is 4.82. The van der Waals surface area contributed by atoms with E-state index in [2.05, 4.69) is 9.97 Å². The van der Waals surface area contributed by atoms with Crippen molar-refractivity contribution in [3.8, 4) is 11.5 Å². The van der Waals surface area contributed by atoms with Gasteiger partial charge < -0.3 is 14.8 Å². The Morgan fingerprint density at radius 3 is 2.74 bits per heavy atom. The van der Waals surface area contributed by atoms with Crippen LogP contribution in [-0.4, -0.2) is 15.1 Å². The number of aromatic hydroxyl groups is 1. The van der Waals surface area contributed by atoms with Crippen molar-refractivity contribution in [3.05, 3.63) is 53.3 Å². The maximum absolute atomic E-state index is 9.38. The molecule has 2 N–H and O–H groups in total. The summed E-state index contributed by atoms with van der Waals surface area (Å²) in [7, 11) is 0. The first-order valence-electron chi connectivity index (χ1n) is 5.77. The number of fused-ring (bicyclic) bond motifs is 1. The third-order valence-electron chi connectivity index (χ3n) is 2.70. The Balaban J connectivity index is 1.76. The number of benzene rings is 2. The topological polar surface area (TPSA) is 58.1 Å². The van der Waals surface area contributed by atoms with Gasteiger partial charge >= 0.3 is 0 Å². The molecule has 0 bridgehead atoms. The third kappa shape index (κ3) is 2.63. The van der Waals surface area contributed by atoms with E-state index >= 15 is 0 Å². The number of ether oxygens (including phenoxy) is 1. The summed E-state index contributed by atoms with van der Waals surface area (Å²) in [5.74, 6) is 1.64. The summed E-state index contributed by atoms with van der Waals surface area (Å²) < 4.78 is 5.59. The van der Waals surface area contributed by atoms with Crippen LogP contribution in [0.25, 0.3) is 11.0 Å². The maximum atomic E-state index is 9.38. The molecular weight excluding hydrogens is 264 g/mol. The standard InChI is InChI=1S/C14H11ClN2O2/c15-9-1-4-11(5-2-9)19-8-14-16-12-6-3-10(18)7-13(12)17-14/h1-7,18H,8H2,(H,16,17). The molecule has 0 aliphatic heterocycles. The van der Waals surface area contributed by atoms with E-state index in [9.17, 15) is 5.11 Å². The van der Waals surface area contributed by atoms with Crippen molar-refractivity contribution < 1.29 is 9.84 Å². The summed E-state index contributed by atoms with van der Waals surface area (Å²) in [6.45, 7) is 0.330. The van der Waals surface area contributed by atoms with E-state index in [1.807, 2.05) is 0 Å². The fourth-order valence-electron chi connectivity index (χ4n) is 1.80. The Kier molecular flexibility index (Phi) is 3.01. The van der Waals surface area contributed by atoms with Gasteiger partial charge in [0.2, 0.25) is 0 Å². The third-order valence-corrected chi connectivity index (χ3v) is 2.96. The lowest BCUT2D eigenvalue weighted by molar-refractivity contribution is 0.297. The summed E-state index contributed by atoms with van der Waals surface area (Å²) in [6.07, 6.45) is 0. The first kappa shape index (κ1) is 11.9. The van der Waals surface area contributed by atoms with Crippen LogP contribution < -0.4 is 4.74 Å². The van der Waals surface area contributed by atoms with E-state index in [1.165, 1.54) is 0 Å². The molecule has 96 valence electrons. The molecule has 1 aromatic heterocycles. The van der Waals surface area contributed by atoms with Crippen LogP contribution in [-0.2, 0) is 6.61 Å². The summed E-state index contributed by atoms with van der Waals surface area (Å²) in [5, 5.41) is 10.1. The molecule has 0 atom stereocenters. The van der Waals surface area contributed by atoms with E-state index in [4.69, 9.17) is 16.3 Å². The van der Waals surface area contributed by atoms with Crippen LogP contribution in [0.3, 0.4) is 0 Å². The van der Waals surface area contributed by atoms with Gasteiger partial charge in [-0.05, 0) is 36.4 Å². The van der Waals surface area contributed by atoms with E-state index in [0.717, 1.165) is 16.8 Å². The molecule has 2 aromatic carbocycles. The molecule has 0 amide bonds. The number of imidazole rings is 1. The molecule has 5 heteroatoms. The van der Waals surface area contributed by atoms with Gasteiger partial charge in [-0.3, -0.25) is 0 Å². The fourth-order valence-corrected chi connectivity index (χ4v) is 1.93. The summed E-state index contributed by atoms with van der Waals surface area (Å²) in [6, 6.07) is 12.1. The van der Waals surface area contributed by atoms with Crippen molar-refractivity contribution in [2.45, 2.75) is 6.61 Å². The zero-order chi connectivity index (χ0) is 13.2. The Morgan fingerprint density at radius 1 is 1.16 bits per heavy atom. The lowest BCUT2D eigenvalue weighted by Gasteiger charge is -2.03. The highest BCUT2D eigenvalue weighted by Gasteiger charge is 2.04. The molecule has 19 heavy (non-hydrogen) atoms. The predicted octanol–water partition coefficient (Wildman–Crippen LogP) is 3.50. The van der Waals surface area contributed by atoms with Gasteiger partial charge in [0.25, 0.3) is 0 Å². The quantitative estimate of drug-likeness (QED) is 0.768. The van der Waals surface area contributed by atoms with Gasteiger partial charge in [0, 0.05) is 11.1 Å². The molecule has 0 fully saturated rings. The molecule has 0 aliphatic carbocycles. The SMILES string of the molecule is Oc1ccc2nc(COc3ccc(Cl)cc3)[nH]c2c1. The van der Waals surface area contributed by atoms with Crippen LogP contribution in [0.1, 0.15) is 5.82 Å². The van der Waals surface area contributed by atoms with Gasteiger partial charge in [-0.15, -0.1) is 0 Å². The largest absolute Gasteiger partial charge is 0.508 e. The normalized spacial score (nSPS) is 10.8. The second-order valence-corrected chi connectivity index (χ2v) is 4.56. The first-order chi connectivity index (χ1) is 9.20. The highest BCUT2D eigenvalue weighted by molar-refractivity contribution is 6.30. The van der Waals surface area contributed by atoms with Gasteiger partial charge in [-0.25, -0.2) is 4.98 Å². The highest BCUT2D eigenvalue weighted by atomic mass is 35.5. The molecule has 0 unspecified atom stereocenters. The van der Waals surface area contributed by atoms with Crippen molar-refractivity contribution in [2.75, 3.05) is 0 Å². The number of aromatic nitrogens is 2. The van der Waals surface area contributed by atoms with E-state index in [0.29, 0.717) is 17.5 Å². The molecule has 0 spiro atoms. The number of rotatable bonds is 3. The molecule has 0 radical (unpaired) electrons. The number of phenolic OH excluding ortho intramolecular Hbond substituents is 1. The monoisotopic (exact) mass is 274 g/mol. The van der Waals surface area contributed by atoms with Gasteiger partial charge in [-0.2, -0.15) is 0 Å². The molecule has 0 saturated heterocycles. The van der Waals surface area contributed by atoms with Gasteiger partial charge in [0.15, 0.2) is 0 Å². The zero-order valence-electron chi connectivity index (χ0n) is 9.93. The van der Waals surface area contributed by atoms with Crippen LogP contribution in [0.5, 0.6) is 11.5 Å². The van der Waals surface area contributed by atoms with E-state index in [-0.39, 0.29) is 5.75 Å². The first-order valence-corrected chi connectivity index (χ1v) is 6.14. The lowest BCUT2D eigenvalue weighted by Crippen LogP contribution is -1.97. The Hall–Kier alpha value is -2.20. The lowest BCUT2D eigenvalue weighted by atomic mass is 10.3. The summed E-state index contributed by atoms with van der Waals surface area (Å²) in [5.41, 5.74) is 1.59. The van der Waals surface area contributed by atoms with Crippen LogP contribution in [0.2, 0.25) is 5.02 Å². The average molecular weight is 275 g/mol. The molecule has 0 saturated carbocycles. The van der Waals surface area contributed by atoms with Crippen LogP contribution in [0, 0.1) is 0 Å². The van der Waals surface area contributed by atoms with E-state index in [1.54, 1.807) is 42.5 Å². The number of H-pyrrole nitrogens is 1. The number of nitrogens with one attached hydrogen (secondary N) is 1. The Morgan fingerprint density at radius 2 is 1.95 bits per heavy atom. The molecule has 3 rings (SSSR count). The second-order valence-electron chi connectivity index (χ2n) is 4.13. The van der Waals surface area contributed by atoms with E-state index < -0.39 is 0 Å². The van der Waals surface area contributed by atoms with Crippen molar-refractivity contribution in [3.63, 3.8) is 0 Å². The van der Waals surface area contributed by atoms with Crippen molar-refractivity contribution in [2.24, 2.45) is 0 Å². The van der Waals surface area contributed by atoms with Crippen molar-refractivity contribution >= 4 is 22.6 Å². The Bertz CT molecular complexity index is 707. The number of halogens is 1. The van der Waals surface area contributed by atoms with Crippen LogP contribution in [0.15, 0.2) is 42.5 Å². The molecule has 0 aliphatic rings. The minimum absolute atomic E-state index is 0.210. The average Bonchev–Trinajstić information content (AvgIpc) is 2.80. The van der Waals surface area contributed by atoms with Gasteiger partial charge in [-0.1, -0.05) is 11.6 Å². The van der Waals surface area contributed by atoms with Crippen molar-refractivity contribution in [1.29, 1.82) is 0 Å². The number of hydrogen-bond donors (Lipinski definition) is 2. The van der Waals surface area contributed by atoms with Crippen LogP contribution in [0.4, 0.5) is 0 Å². The van der Waals surface area contributed by atoms with Gasteiger partial charge in [0.05, 0.1) is 11.0 Å². The van der Waals surface area contributed by atoms with Crippen molar-refractivity contribution in [1.82, 2.24) is 9.97 Å². The van der Waals surface area contributed by atoms with Crippen LogP contribution >= 0.6 is 11.6 Å². The number of phenols is 1. The number of nitrogens with zero attached hydrogens (tertiary/aromatic N) is 1. The predicted molar refractivity (Wildman–Crippen MR) is 73.5 cm³/mol. The highest BCUT2D eigenvalue weighted by Crippen LogP contribution is 2.19. The molecule has 4 nitrogen and oxygen atoms in total. The molecule has 1 heterocycles. The van der Waals surface area contributed by atoms with Gasteiger partial charge in [0.1, 0.15) is 23.9 Å². The smallest absolute Gasteiger partial charge is 0.146 e. The zero-order valence-corrected chi connectivity index (χ0v) is 10.7. The Labute approximate surface area is 114 Å².